The molecule has 1 atom stereocenters. The van der Waals surface area contributed by atoms with Crippen molar-refractivity contribution in [3.05, 3.63) is 0 Å². The van der Waals surface area contributed by atoms with E-state index < -0.39 is 23.2 Å². The molecule has 0 spiro atoms. The zero-order chi connectivity index (χ0) is 14.6. The van der Waals surface area contributed by atoms with Crippen LogP contribution in [-0.4, -0.2) is 33.6 Å². The van der Waals surface area contributed by atoms with E-state index in [0.717, 1.165) is 0 Å². The van der Waals surface area contributed by atoms with Gasteiger partial charge in [-0.1, -0.05) is 29.8 Å². The smallest absolute Gasteiger partial charge is 0.408 e. The Labute approximate surface area is 116 Å². The number of carboxylic acid groups (broad SMARTS) is 1. The summed E-state index contributed by atoms with van der Waals surface area (Å²) in [6, 6.07) is 0. The average Bonchev–Trinajstić information content (AvgIpc) is 2.12. The number of alkyl halides is 1. The van der Waals surface area contributed by atoms with E-state index in [1.54, 1.807) is 20.8 Å². The predicted molar refractivity (Wildman–Crippen MR) is 73.0 cm³/mol. The molecular formula is C12H22BrNO4. The fourth-order valence-electron chi connectivity index (χ4n) is 1.53. The quantitative estimate of drug-likeness (QED) is 0.763. The molecule has 0 aliphatic rings. The third kappa shape index (κ3) is 5.71. The minimum Gasteiger partial charge on any atom is -0.479 e. The van der Waals surface area contributed by atoms with Gasteiger partial charge in [0.2, 0.25) is 0 Å². The zero-order valence-corrected chi connectivity index (χ0v) is 13.1. The molecule has 0 heterocycles. The van der Waals surface area contributed by atoms with Crippen molar-refractivity contribution >= 4 is 28.0 Å². The second kappa shape index (κ2) is 6.41. The maximum absolute atomic E-state index is 11.7. The monoisotopic (exact) mass is 323 g/mol. The Morgan fingerprint density at radius 3 is 2.11 bits per heavy atom. The normalized spacial score (nSPS) is 15.1. The summed E-state index contributed by atoms with van der Waals surface area (Å²) < 4.78 is 5.09. The van der Waals surface area contributed by atoms with Gasteiger partial charge in [-0.05, 0) is 33.1 Å². The second-order valence-corrected chi connectivity index (χ2v) is 6.31. The molecule has 5 nitrogen and oxygen atoms in total. The number of amides is 1. The molecular weight excluding hydrogens is 302 g/mol. The number of ether oxygens (including phenoxy) is 1. The Kier molecular flexibility index (Phi) is 6.13. The summed E-state index contributed by atoms with van der Waals surface area (Å²) in [5, 5.41) is 11.9. The molecule has 0 unspecified atom stereocenters. The van der Waals surface area contributed by atoms with Crippen LogP contribution in [0.5, 0.6) is 0 Å². The van der Waals surface area contributed by atoms with Gasteiger partial charge in [-0.3, -0.25) is 0 Å². The van der Waals surface area contributed by atoms with Crippen molar-refractivity contribution in [2.24, 2.45) is 5.92 Å². The number of aliphatic carboxylic acids is 1. The first-order chi connectivity index (χ1) is 8.02. The lowest BCUT2D eigenvalue weighted by Crippen LogP contribution is -2.57. The summed E-state index contributed by atoms with van der Waals surface area (Å²) in [5.74, 6) is -0.937. The van der Waals surface area contributed by atoms with Crippen LogP contribution < -0.4 is 5.32 Å². The summed E-state index contributed by atoms with van der Waals surface area (Å²) >= 11 is 3.16. The molecule has 1 amide bonds. The molecule has 0 aliphatic heterocycles. The van der Waals surface area contributed by atoms with Crippen LogP contribution in [0.2, 0.25) is 0 Å². The molecule has 18 heavy (non-hydrogen) atoms. The molecule has 2 N–H and O–H groups in total. The van der Waals surface area contributed by atoms with Gasteiger partial charge in [0.15, 0.2) is 5.54 Å². The van der Waals surface area contributed by atoms with Crippen LogP contribution in [0, 0.1) is 5.92 Å². The van der Waals surface area contributed by atoms with Crippen LogP contribution in [0.25, 0.3) is 0 Å². The van der Waals surface area contributed by atoms with Gasteiger partial charge in [0.25, 0.3) is 0 Å². The topological polar surface area (TPSA) is 75.6 Å². The van der Waals surface area contributed by atoms with Crippen LogP contribution >= 0.6 is 15.9 Å². The van der Waals surface area contributed by atoms with Crippen LogP contribution in [0.15, 0.2) is 0 Å². The second-order valence-electron chi connectivity index (χ2n) is 5.75. The van der Waals surface area contributed by atoms with E-state index in [-0.39, 0.29) is 11.2 Å². The number of alkyl carbamates (subject to hydrolysis) is 1. The van der Waals surface area contributed by atoms with E-state index in [1.807, 2.05) is 13.8 Å². The molecule has 0 saturated heterocycles. The van der Waals surface area contributed by atoms with Crippen molar-refractivity contribution in [1.82, 2.24) is 5.32 Å². The van der Waals surface area contributed by atoms with Gasteiger partial charge >= 0.3 is 12.1 Å². The molecule has 106 valence electrons. The van der Waals surface area contributed by atoms with Gasteiger partial charge in [0.1, 0.15) is 5.60 Å². The third-order valence-electron chi connectivity index (χ3n) is 2.13. The maximum Gasteiger partial charge on any atom is 0.408 e. The van der Waals surface area contributed by atoms with Gasteiger partial charge in [-0.15, -0.1) is 0 Å². The van der Waals surface area contributed by atoms with Crippen molar-refractivity contribution in [2.75, 3.05) is 5.33 Å². The SMILES string of the molecule is CC(C)C[C@@](CBr)(NC(=O)OC(C)(C)C)C(=O)O. The van der Waals surface area contributed by atoms with E-state index in [4.69, 9.17) is 4.74 Å². The molecule has 0 aromatic carbocycles. The van der Waals surface area contributed by atoms with E-state index >= 15 is 0 Å². The summed E-state index contributed by atoms with van der Waals surface area (Å²) in [6.45, 7) is 8.98. The fraction of sp³-hybridized carbons (Fsp3) is 0.833. The lowest BCUT2D eigenvalue weighted by molar-refractivity contribution is -0.144. The summed E-state index contributed by atoms with van der Waals surface area (Å²) in [6.07, 6.45) is -0.391. The van der Waals surface area contributed by atoms with Crippen molar-refractivity contribution in [2.45, 2.75) is 52.2 Å². The van der Waals surface area contributed by atoms with Crippen molar-refractivity contribution in [1.29, 1.82) is 0 Å². The van der Waals surface area contributed by atoms with E-state index in [1.165, 1.54) is 0 Å². The standard InChI is InChI=1S/C12H22BrNO4/c1-8(2)6-12(7-13,9(15)16)14-10(17)18-11(3,4)5/h8H,6-7H2,1-5H3,(H,14,17)(H,15,16)/t12-/m0/s1. The number of carbonyl (C=O) groups excluding carboxylic acids is 1. The van der Waals surface area contributed by atoms with Gasteiger partial charge < -0.3 is 15.2 Å². The fourth-order valence-corrected chi connectivity index (χ4v) is 2.14. The highest BCUT2D eigenvalue weighted by atomic mass is 79.9. The first kappa shape index (κ1) is 17.2. The number of nitrogens with one attached hydrogen (secondary N) is 1. The van der Waals surface area contributed by atoms with Gasteiger partial charge in [0, 0.05) is 5.33 Å². The predicted octanol–water partition coefficient (Wildman–Crippen LogP) is 2.78. The Hall–Kier alpha value is -0.780. The van der Waals surface area contributed by atoms with Gasteiger partial charge in [0.05, 0.1) is 0 Å². The van der Waals surface area contributed by atoms with Crippen molar-refractivity contribution < 1.29 is 19.4 Å². The van der Waals surface area contributed by atoms with E-state index in [9.17, 15) is 14.7 Å². The molecule has 0 radical (unpaired) electrons. The van der Waals surface area contributed by atoms with Crippen LogP contribution in [0.1, 0.15) is 41.0 Å². The summed E-state index contributed by atoms with van der Waals surface area (Å²) in [4.78, 5) is 23.1. The molecule has 6 heteroatoms. The van der Waals surface area contributed by atoms with Crippen LogP contribution in [0.3, 0.4) is 0 Å². The molecule has 0 bridgehead atoms. The van der Waals surface area contributed by atoms with E-state index in [0.29, 0.717) is 6.42 Å². The number of rotatable bonds is 5. The number of hydrogen-bond donors (Lipinski definition) is 2. The Balaban J connectivity index is 4.90. The zero-order valence-electron chi connectivity index (χ0n) is 11.5. The number of carboxylic acids is 1. The minimum atomic E-state index is -1.34. The summed E-state index contributed by atoms with van der Waals surface area (Å²) in [5.41, 5.74) is -1.99. The highest BCUT2D eigenvalue weighted by Gasteiger charge is 2.40. The van der Waals surface area contributed by atoms with Crippen molar-refractivity contribution in [3.63, 3.8) is 0 Å². The van der Waals surface area contributed by atoms with Crippen LogP contribution in [-0.2, 0) is 9.53 Å². The lowest BCUT2D eigenvalue weighted by atomic mass is 9.91. The van der Waals surface area contributed by atoms with E-state index in [2.05, 4.69) is 21.2 Å². The van der Waals surface area contributed by atoms with Gasteiger partial charge in [-0.2, -0.15) is 0 Å². The molecule has 0 fully saturated rings. The Morgan fingerprint density at radius 2 is 1.83 bits per heavy atom. The largest absolute Gasteiger partial charge is 0.479 e. The highest BCUT2D eigenvalue weighted by molar-refractivity contribution is 9.09. The molecule has 0 rings (SSSR count). The first-order valence-electron chi connectivity index (χ1n) is 5.83. The Morgan fingerprint density at radius 1 is 1.33 bits per heavy atom. The Bertz CT molecular complexity index is 312. The first-order valence-corrected chi connectivity index (χ1v) is 6.95. The number of carbonyl (C=O) groups is 2. The summed E-state index contributed by atoms with van der Waals surface area (Å²) in [7, 11) is 0. The molecule has 0 aromatic heterocycles. The minimum absolute atomic E-state index is 0.132. The highest BCUT2D eigenvalue weighted by Crippen LogP contribution is 2.21. The molecule has 0 aliphatic carbocycles. The number of halogens is 1. The maximum atomic E-state index is 11.7. The molecule has 0 aromatic rings. The third-order valence-corrected chi connectivity index (χ3v) is 3.09. The molecule has 0 saturated carbocycles. The average molecular weight is 324 g/mol. The van der Waals surface area contributed by atoms with Crippen molar-refractivity contribution in [3.8, 4) is 0 Å². The number of hydrogen-bond acceptors (Lipinski definition) is 3. The lowest BCUT2D eigenvalue weighted by Gasteiger charge is -2.31. The van der Waals surface area contributed by atoms with Gasteiger partial charge in [-0.25, -0.2) is 9.59 Å². The van der Waals surface area contributed by atoms with Crippen LogP contribution in [0.4, 0.5) is 4.79 Å².